The second-order valence-electron chi connectivity index (χ2n) is 4.66. The maximum absolute atomic E-state index is 11.5. The predicted octanol–water partition coefficient (Wildman–Crippen LogP) is 3.09. The van der Waals surface area contributed by atoms with Gasteiger partial charge in [0.05, 0.1) is 0 Å². The van der Waals surface area contributed by atoms with Crippen LogP contribution in [0.1, 0.15) is 52.9 Å². The van der Waals surface area contributed by atoms with Crippen molar-refractivity contribution in [1.29, 1.82) is 0 Å². The molecule has 0 spiro atoms. The molecule has 0 aromatic rings. The Balaban J connectivity index is 2.29. The number of hydrogen-bond donors (Lipinski definition) is 1. The maximum Gasteiger partial charge on any atom is 0.407 e. The predicted molar refractivity (Wildman–Crippen MR) is 60.8 cm³/mol. The average Bonchev–Trinajstić information content (AvgIpc) is 2.21. The Morgan fingerprint density at radius 2 is 2.13 bits per heavy atom. The minimum atomic E-state index is -0.247. The van der Waals surface area contributed by atoms with E-state index in [0.29, 0.717) is 5.92 Å². The number of hydrogen-bond acceptors (Lipinski definition) is 2. The Morgan fingerprint density at radius 1 is 1.47 bits per heavy atom. The zero-order valence-electron chi connectivity index (χ0n) is 10.1. The van der Waals surface area contributed by atoms with E-state index in [9.17, 15) is 4.79 Å². The molecule has 0 aromatic heterocycles. The van der Waals surface area contributed by atoms with Crippen LogP contribution in [0.3, 0.4) is 0 Å². The summed E-state index contributed by atoms with van der Waals surface area (Å²) in [5, 5.41) is 2.84. The van der Waals surface area contributed by atoms with E-state index in [0.717, 1.165) is 12.8 Å². The molecular formula is C12H23NO2. The quantitative estimate of drug-likeness (QED) is 0.782. The summed E-state index contributed by atoms with van der Waals surface area (Å²) < 4.78 is 5.43. The minimum Gasteiger partial charge on any atom is -0.446 e. The largest absolute Gasteiger partial charge is 0.446 e. The Bertz CT molecular complexity index is 206. The molecule has 1 aliphatic carbocycles. The van der Waals surface area contributed by atoms with Crippen LogP contribution in [0.5, 0.6) is 0 Å². The molecule has 1 aliphatic rings. The molecule has 0 aromatic carbocycles. The Labute approximate surface area is 92.6 Å². The van der Waals surface area contributed by atoms with Gasteiger partial charge in [0.1, 0.15) is 6.10 Å². The molecule has 3 nitrogen and oxygen atoms in total. The highest BCUT2D eigenvalue weighted by Crippen LogP contribution is 2.26. The molecule has 3 atom stereocenters. The van der Waals surface area contributed by atoms with Crippen LogP contribution in [-0.2, 0) is 4.74 Å². The molecule has 3 unspecified atom stereocenters. The topological polar surface area (TPSA) is 38.3 Å². The van der Waals surface area contributed by atoms with Crippen LogP contribution >= 0.6 is 0 Å². The lowest BCUT2D eigenvalue weighted by Gasteiger charge is -2.28. The fraction of sp³-hybridized carbons (Fsp3) is 0.917. The first kappa shape index (κ1) is 12.3. The van der Waals surface area contributed by atoms with E-state index in [4.69, 9.17) is 4.74 Å². The van der Waals surface area contributed by atoms with Crippen molar-refractivity contribution in [2.45, 2.75) is 65.0 Å². The van der Waals surface area contributed by atoms with Crippen LogP contribution in [0.2, 0.25) is 0 Å². The molecule has 0 heterocycles. The molecule has 1 saturated carbocycles. The molecule has 0 radical (unpaired) electrons. The lowest BCUT2D eigenvalue weighted by molar-refractivity contribution is 0.0419. The van der Waals surface area contributed by atoms with Crippen LogP contribution in [0.15, 0.2) is 0 Å². The second kappa shape index (κ2) is 5.99. The molecule has 0 bridgehead atoms. The Kier molecular flexibility index (Phi) is 4.92. The first-order valence-corrected chi connectivity index (χ1v) is 6.10. The Hall–Kier alpha value is -0.730. The average molecular weight is 213 g/mol. The molecule has 1 rings (SSSR count). The van der Waals surface area contributed by atoms with E-state index in [1.54, 1.807) is 0 Å². The summed E-state index contributed by atoms with van der Waals surface area (Å²) in [6.07, 6.45) is 5.48. The van der Waals surface area contributed by atoms with Crippen molar-refractivity contribution in [2.75, 3.05) is 0 Å². The number of ether oxygens (including phenoxy) is 1. The molecule has 1 amide bonds. The zero-order chi connectivity index (χ0) is 11.3. The first-order chi connectivity index (χ1) is 7.13. The van der Waals surface area contributed by atoms with Crippen LogP contribution in [0.25, 0.3) is 0 Å². The highest BCUT2D eigenvalue weighted by molar-refractivity contribution is 5.67. The highest BCUT2D eigenvalue weighted by Gasteiger charge is 2.24. The third-order valence-corrected chi connectivity index (χ3v) is 3.27. The van der Waals surface area contributed by atoms with Gasteiger partial charge in [0.15, 0.2) is 0 Å². The fourth-order valence-corrected chi connectivity index (χ4v) is 1.93. The van der Waals surface area contributed by atoms with E-state index < -0.39 is 0 Å². The molecule has 1 N–H and O–H groups in total. The Morgan fingerprint density at radius 3 is 2.73 bits per heavy atom. The smallest absolute Gasteiger partial charge is 0.407 e. The molecule has 3 heteroatoms. The van der Waals surface area contributed by atoms with Crippen LogP contribution in [-0.4, -0.2) is 18.2 Å². The fourth-order valence-electron chi connectivity index (χ4n) is 1.93. The maximum atomic E-state index is 11.5. The lowest BCUT2D eigenvalue weighted by atomic mass is 9.88. The molecule has 88 valence electrons. The summed E-state index contributed by atoms with van der Waals surface area (Å²) in [5.74, 6) is 0.515. The number of nitrogens with one attached hydrogen (secondary N) is 1. The van der Waals surface area contributed by atoms with Gasteiger partial charge in [0.2, 0.25) is 0 Å². The van der Waals surface area contributed by atoms with Gasteiger partial charge in [0.25, 0.3) is 0 Å². The van der Waals surface area contributed by atoms with Crippen molar-refractivity contribution in [3.8, 4) is 0 Å². The van der Waals surface area contributed by atoms with Gasteiger partial charge in [-0.3, -0.25) is 0 Å². The lowest BCUT2D eigenvalue weighted by Crippen LogP contribution is -2.37. The van der Waals surface area contributed by atoms with Gasteiger partial charge in [0, 0.05) is 6.04 Å². The molecule has 0 aliphatic heterocycles. The minimum absolute atomic E-state index is 0.128. The van der Waals surface area contributed by atoms with E-state index in [2.05, 4.69) is 12.2 Å². The number of rotatable bonds is 3. The summed E-state index contributed by atoms with van der Waals surface area (Å²) in [7, 11) is 0. The first-order valence-electron chi connectivity index (χ1n) is 6.10. The zero-order valence-corrected chi connectivity index (χ0v) is 10.1. The van der Waals surface area contributed by atoms with Crippen LogP contribution < -0.4 is 5.32 Å². The van der Waals surface area contributed by atoms with E-state index >= 15 is 0 Å². The van der Waals surface area contributed by atoms with Gasteiger partial charge < -0.3 is 10.1 Å². The number of alkyl carbamates (subject to hydrolysis) is 1. The summed E-state index contributed by atoms with van der Waals surface area (Å²) in [6.45, 7) is 6.21. The summed E-state index contributed by atoms with van der Waals surface area (Å²) >= 11 is 0. The van der Waals surface area contributed by atoms with Gasteiger partial charge in [-0.15, -0.1) is 0 Å². The summed E-state index contributed by atoms with van der Waals surface area (Å²) in [4.78, 5) is 11.5. The van der Waals surface area contributed by atoms with Gasteiger partial charge >= 0.3 is 6.09 Å². The van der Waals surface area contributed by atoms with E-state index in [1.807, 2.05) is 13.8 Å². The highest BCUT2D eigenvalue weighted by atomic mass is 16.6. The number of amides is 1. The third kappa shape index (κ3) is 4.10. The van der Waals surface area contributed by atoms with E-state index in [-0.39, 0.29) is 18.2 Å². The van der Waals surface area contributed by atoms with Crippen molar-refractivity contribution >= 4 is 6.09 Å². The van der Waals surface area contributed by atoms with Gasteiger partial charge in [-0.05, 0) is 38.5 Å². The second-order valence-corrected chi connectivity index (χ2v) is 4.66. The summed E-state index contributed by atoms with van der Waals surface area (Å²) in [5.41, 5.74) is 0. The molecule has 15 heavy (non-hydrogen) atoms. The number of carbonyl (C=O) groups excluding carboxylic acids is 1. The SMILES string of the molecule is CCC(C)NC(=O)OC1CCCCC1C. The monoisotopic (exact) mass is 213 g/mol. The van der Waals surface area contributed by atoms with Crippen molar-refractivity contribution in [1.82, 2.24) is 5.32 Å². The third-order valence-electron chi connectivity index (χ3n) is 3.27. The molecule has 1 fully saturated rings. The molecular weight excluding hydrogens is 190 g/mol. The van der Waals surface area contributed by atoms with Gasteiger partial charge in [-0.2, -0.15) is 0 Å². The standard InChI is InChI=1S/C12H23NO2/c1-4-10(3)13-12(14)15-11-8-6-5-7-9(11)2/h9-11H,4-8H2,1-3H3,(H,13,14). The molecule has 0 saturated heterocycles. The van der Waals surface area contributed by atoms with Crippen LogP contribution in [0, 0.1) is 5.92 Å². The van der Waals surface area contributed by atoms with Crippen molar-refractivity contribution in [3.63, 3.8) is 0 Å². The van der Waals surface area contributed by atoms with Crippen molar-refractivity contribution < 1.29 is 9.53 Å². The van der Waals surface area contributed by atoms with E-state index in [1.165, 1.54) is 19.3 Å². The number of carbonyl (C=O) groups is 1. The normalized spacial score (nSPS) is 28.2. The summed E-state index contributed by atoms with van der Waals surface area (Å²) in [6, 6.07) is 0.205. The van der Waals surface area contributed by atoms with Crippen molar-refractivity contribution in [3.05, 3.63) is 0 Å². The van der Waals surface area contributed by atoms with Gasteiger partial charge in [-0.1, -0.05) is 20.3 Å². The van der Waals surface area contributed by atoms with Gasteiger partial charge in [-0.25, -0.2) is 4.79 Å². The van der Waals surface area contributed by atoms with Crippen LogP contribution in [0.4, 0.5) is 4.79 Å². The van der Waals surface area contributed by atoms with Crippen molar-refractivity contribution in [2.24, 2.45) is 5.92 Å².